The van der Waals surface area contributed by atoms with Crippen LogP contribution in [0.15, 0.2) is 24.3 Å². The van der Waals surface area contributed by atoms with E-state index in [2.05, 4.69) is 5.92 Å². The lowest BCUT2D eigenvalue weighted by molar-refractivity contribution is 1.13. The average Bonchev–Trinajstić information content (AvgIpc) is 1.99. The summed E-state index contributed by atoms with van der Waals surface area (Å²) in [4.78, 5) is 0. The van der Waals surface area contributed by atoms with Gasteiger partial charge in [-0.1, -0.05) is 30.2 Å². The van der Waals surface area contributed by atoms with Gasteiger partial charge in [0.25, 0.3) is 0 Å². The van der Waals surface area contributed by atoms with Gasteiger partial charge >= 0.3 is 0 Å². The summed E-state index contributed by atoms with van der Waals surface area (Å²) in [5.74, 6) is 1.94. The highest BCUT2D eigenvalue weighted by Gasteiger charge is 1.91. The summed E-state index contributed by atoms with van der Waals surface area (Å²) in [5.41, 5.74) is 0. The molecule has 0 aromatic rings. The highest BCUT2D eigenvalue weighted by Crippen LogP contribution is 1.93. The first kappa shape index (κ1) is 8.53. The van der Waals surface area contributed by atoms with E-state index in [0.29, 0.717) is 0 Å². The van der Waals surface area contributed by atoms with Crippen molar-refractivity contribution >= 4 is 0 Å². The number of rotatable bonds is 2. The second-order valence-corrected chi connectivity index (χ2v) is 1.68. The molecule has 0 saturated carbocycles. The summed E-state index contributed by atoms with van der Waals surface area (Å²) in [5, 5.41) is 8.36. The Kier molecular flexibility index (Phi) is 4.83. The molecule has 1 unspecified atom stereocenters. The molecule has 1 heteroatoms. The first-order chi connectivity index (χ1) is 4.85. The van der Waals surface area contributed by atoms with Crippen LogP contribution in [-0.4, -0.2) is 0 Å². The molecule has 50 valence electrons. The zero-order valence-corrected chi connectivity index (χ0v) is 5.91. The normalized spacial score (nSPS) is 13.1. The van der Waals surface area contributed by atoms with Gasteiger partial charge in [0.05, 0.1) is 6.07 Å². The van der Waals surface area contributed by atoms with Crippen molar-refractivity contribution in [2.24, 2.45) is 5.92 Å². The minimum atomic E-state index is -0.392. The Bertz CT molecular complexity index is 196. The van der Waals surface area contributed by atoms with E-state index in [9.17, 15) is 0 Å². The van der Waals surface area contributed by atoms with E-state index < -0.39 is 5.92 Å². The molecule has 0 aliphatic carbocycles. The smallest absolute Gasteiger partial charge is 0.125 e. The van der Waals surface area contributed by atoms with Crippen LogP contribution in [0.5, 0.6) is 0 Å². The molecule has 0 bridgehead atoms. The highest BCUT2D eigenvalue weighted by atomic mass is 14.2. The fourth-order valence-electron chi connectivity index (χ4n) is 0.422. The Morgan fingerprint density at radius 3 is 2.60 bits per heavy atom. The lowest BCUT2D eigenvalue weighted by Crippen LogP contribution is -1.83. The Morgan fingerprint density at radius 1 is 1.50 bits per heavy atom. The van der Waals surface area contributed by atoms with Crippen molar-refractivity contribution in [1.29, 1.82) is 5.26 Å². The Hall–Kier alpha value is -1.47. The van der Waals surface area contributed by atoms with Crippen molar-refractivity contribution in [2.75, 3.05) is 0 Å². The van der Waals surface area contributed by atoms with Crippen LogP contribution in [-0.2, 0) is 0 Å². The largest absolute Gasteiger partial charge is 0.197 e. The molecule has 0 aliphatic heterocycles. The van der Waals surface area contributed by atoms with Gasteiger partial charge in [-0.2, -0.15) is 5.26 Å². The first-order valence-corrected chi connectivity index (χ1v) is 3.00. The van der Waals surface area contributed by atoms with Crippen molar-refractivity contribution in [2.45, 2.75) is 6.92 Å². The van der Waals surface area contributed by atoms with E-state index in [1.807, 2.05) is 25.1 Å². The molecule has 0 rings (SSSR count). The molecular weight excluding hydrogens is 122 g/mol. The van der Waals surface area contributed by atoms with E-state index in [4.69, 9.17) is 11.7 Å². The number of nitriles is 1. The molecular formula is C9H9N. The molecule has 10 heavy (non-hydrogen) atoms. The first-order valence-electron chi connectivity index (χ1n) is 3.00. The van der Waals surface area contributed by atoms with Crippen molar-refractivity contribution in [3.8, 4) is 18.4 Å². The van der Waals surface area contributed by atoms with Crippen molar-refractivity contribution in [3.63, 3.8) is 0 Å². The molecule has 0 amide bonds. The minimum absolute atomic E-state index is 0.392. The Morgan fingerprint density at radius 2 is 2.20 bits per heavy atom. The summed E-state index contributed by atoms with van der Waals surface area (Å²) in [6.07, 6.45) is 12.2. The van der Waals surface area contributed by atoms with Gasteiger partial charge in [-0.15, -0.1) is 6.42 Å². The molecule has 0 aromatic heterocycles. The molecule has 0 N–H and O–H groups in total. The van der Waals surface area contributed by atoms with Gasteiger partial charge in [0, 0.05) is 0 Å². The third-order valence-electron chi connectivity index (χ3n) is 0.926. The van der Waals surface area contributed by atoms with Crippen LogP contribution in [0.25, 0.3) is 0 Å². The number of hydrogen-bond donors (Lipinski definition) is 0. The van der Waals surface area contributed by atoms with Crippen molar-refractivity contribution in [1.82, 2.24) is 0 Å². The van der Waals surface area contributed by atoms with E-state index in [1.54, 1.807) is 12.2 Å². The molecule has 0 heterocycles. The van der Waals surface area contributed by atoms with Crippen LogP contribution in [0.4, 0.5) is 0 Å². The van der Waals surface area contributed by atoms with E-state index in [1.165, 1.54) is 0 Å². The maximum absolute atomic E-state index is 8.36. The van der Waals surface area contributed by atoms with Crippen LogP contribution >= 0.6 is 0 Å². The number of hydrogen-bond acceptors (Lipinski definition) is 1. The van der Waals surface area contributed by atoms with Crippen LogP contribution in [0.3, 0.4) is 0 Å². The van der Waals surface area contributed by atoms with Crippen LogP contribution in [0.2, 0.25) is 0 Å². The summed E-state index contributed by atoms with van der Waals surface area (Å²) in [7, 11) is 0. The summed E-state index contributed by atoms with van der Waals surface area (Å²) >= 11 is 0. The molecule has 0 radical (unpaired) electrons. The van der Waals surface area contributed by atoms with Gasteiger partial charge in [-0.25, -0.2) is 0 Å². The molecule has 0 spiro atoms. The maximum atomic E-state index is 8.36. The molecule has 0 saturated heterocycles. The molecule has 0 aromatic carbocycles. The van der Waals surface area contributed by atoms with Gasteiger partial charge in [-0.3, -0.25) is 0 Å². The highest BCUT2D eigenvalue weighted by molar-refractivity contribution is 5.18. The SMILES string of the molecule is C#CC(C#N)/C=C\C=C/C. The second kappa shape index (κ2) is 5.66. The number of terminal acetylenes is 1. The standard InChI is InChI=1S/C9H9N/c1-3-5-6-7-9(4-2)8-10/h2-3,5-7,9H,1H3/b5-3-,7-6-. The van der Waals surface area contributed by atoms with Gasteiger partial charge in [0.15, 0.2) is 0 Å². The van der Waals surface area contributed by atoms with Crippen LogP contribution in [0, 0.1) is 29.6 Å². The zero-order chi connectivity index (χ0) is 7.82. The van der Waals surface area contributed by atoms with Gasteiger partial charge < -0.3 is 0 Å². The quantitative estimate of drug-likeness (QED) is 0.414. The zero-order valence-electron chi connectivity index (χ0n) is 5.91. The Labute approximate surface area is 61.7 Å². The lowest BCUT2D eigenvalue weighted by atomic mass is 10.2. The topological polar surface area (TPSA) is 23.8 Å². The summed E-state index contributed by atoms with van der Waals surface area (Å²) < 4.78 is 0. The second-order valence-electron chi connectivity index (χ2n) is 1.68. The van der Waals surface area contributed by atoms with Gasteiger partial charge in [-0.05, 0) is 6.92 Å². The third-order valence-corrected chi connectivity index (χ3v) is 0.926. The summed E-state index contributed by atoms with van der Waals surface area (Å²) in [6, 6.07) is 1.95. The average molecular weight is 131 g/mol. The molecule has 0 aliphatic rings. The van der Waals surface area contributed by atoms with E-state index >= 15 is 0 Å². The van der Waals surface area contributed by atoms with Crippen LogP contribution < -0.4 is 0 Å². The summed E-state index contributed by atoms with van der Waals surface area (Å²) in [6.45, 7) is 1.90. The molecule has 1 nitrogen and oxygen atoms in total. The number of nitrogens with zero attached hydrogens (tertiary/aromatic N) is 1. The Balaban J connectivity index is 3.91. The molecule has 0 fully saturated rings. The predicted octanol–water partition coefficient (Wildman–Crippen LogP) is 1.89. The molecule has 1 atom stereocenters. The van der Waals surface area contributed by atoms with Gasteiger partial charge in [0.1, 0.15) is 5.92 Å². The van der Waals surface area contributed by atoms with Crippen molar-refractivity contribution in [3.05, 3.63) is 24.3 Å². The van der Waals surface area contributed by atoms with E-state index in [0.717, 1.165) is 0 Å². The predicted molar refractivity (Wildman–Crippen MR) is 41.9 cm³/mol. The number of allylic oxidation sites excluding steroid dienone is 4. The maximum Gasteiger partial charge on any atom is 0.125 e. The van der Waals surface area contributed by atoms with Crippen molar-refractivity contribution < 1.29 is 0 Å². The fraction of sp³-hybridized carbons (Fsp3) is 0.222. The van der Waals surface area contributed by atoms with Crippen LogP contribution in [0.1, 0.15) is 6.92 Å². The van der Waals surface area contributed by atoms with Gasteiger partial charge in [0.2, 0.25) is 0 Å². The monoisotopic (exact) mass is 131 g/mol. The third kappa shape index (κ3) is 3.52. The fourth-order valence-corrected chi connectivity index (χ4v) is 0.422. The minimum Gasteiger partial charge on any atom is -0.197 e. The van der Waals surface area contributed by atoms with E-state index in [-0.39, 0.29) is 0 Å². The lowest BCUT2D eigenvalue weighted by Gasteiger charge is -1.85.